The molecule has 1 heterocycles. The number of anilines is 1. The third-order valence-corrected chi connectivity index (χ3v) is 4.57. The van der Waals surface area contributed by atoms with Gasteiger partial charge in [-0.25, -0.2) is 0 Å². The number of fused-ring (bicyclic) bond motifs is 1. The molecule has 0 radical (unpaired) electrons. The lowest BCUT2D eigenvalue weighted by Gasteiger charge is -2.27. The van der Waals surface area contributed by atoms with Crippen LogP contribution in [0.4, 0.5) is 5.69 Å². The Morgan fingerprint density at radius 2 is 1.80 bits per heavy atom. The van der Waals surface area contributed by atoms with Crippen molar-refractivity contribution >= 4 is 22.5 Å². The molecule has 0 saturated carbocycles. The summed E-state index contributed by atoms with van der Waals surface area (Å²) in [5.74, 6) is -0.0515. The predicted octanol–water partition coefficient (Wildman–Crippen LogP) is 3.80. The number of carbonyl (C=O) groups excluding carboxylic acids is 1. The van der Waals surface area contributed by atoms with E-state index in [0.29, 0.717) is 12.1 Å². The minimum Gasteiger partial charge on any atom is -0.370 e. The first kappa shape index (κ1) is 17.0. The molecule has 0 fully saturated rings. The van der Waals surface area contributed by atoms with Crippen LogP contribution in [0.5, 0.6) is 0 Å². The van der Waals surface area contributed by atoms with Crippen LogP contribution in [-0.4, -0.2) is 30.5 Å². The molecule has 3 aromatic rings. The minimum atomic E-state index is -0.0515. The number of para-hydroxylation sites is 2. The molecule has 1 aromatic heterocycles. The zero-order chi connectivity index (χ0) is 17.8. The van der Waals surface area contributed by atoms with E-state index in [-0.39, 0.29) is 11.9 Å². The molecule has 3 rings (SSSR count). The molecule has 0 saturated heterocycles. The van der Waals surface area contributed by atoms with Crippen LogP contribution < -0.4 is 10.2 Å². The van der Waals surface area contributed by atoms with Crippen LogP contribution in [0.15, 0.2) is 60.8 Å². The van der Waals surface area contributed by atoms with Crippen LogP contribution in [0.25, 0.3) is 10.9 Å². The Hall–Kier alpha value is -2.88. The molecular formula is C21H23N3O. The lowest BCUT2D eigenvalue weighted by molar-refractivity contribution is 0.0952. The predicted molar refractivity (Wildman–Crippen MR) is 103 cm³/mol. The van der Waals surface area contributed by atoms with Crippen LogP contribution in [-0.2, 0) is 0 Å². The molecule has 0 bridgehead atoms. The molecular weight excluding hydrogens is 310 g/mol. The van der Waals surface area contributed by atoms with Gasteiger partial charge < -0.3 is 10.2 Å². The quantitative estimate of drug-likeness (QED) is 0.772. The van der Waals surface area contributed by atoms with Crippen molar-refractivity contribution in [1.82, 2.24) is 10.3 Å². The number of aromatic nitrogens is 1. The first-order chi connectivity index (χ1) is 12.1. The number of nitrogens with zero attached hydrogens (tertiary/aromatic N) is 2. The van der Waals surface area contributed by atoms with Gasteiger partial charge in [-0.05, 0) is 37.6 Å². The molecule has 4 nitrogen and oxygen atoms in total. The summed E-state index contributed by atoms with van der Waals surface area (Å²) in [6.45, 7) is 4.60. The molecule has 0 aliphatic heterocycles. The molecule has 25 heavy (non-hydrogen) atoms. The van der Waals surface area contributed by atoms with Gasteiger partial charge in [-0.15, -0.1) is 0 Å². The average Bonchev–Trinajstić information content (AvgIpc) is 2.65. The van der Waals surface area contributed by atoms with Crippen molar-refractivity contribution in [2.75, 3.05) is 18.5 Å². The monoisotopic (exact) mass is 333 g/mol. The number of benzene rings is 2. The average molecular weight is 333 g/mol. The van der Waals surface area contributed by atoms with E-state index >= 15 is 0 Å². The van der Waals surface area contributed by atoms with Crippen molar-refractivity contribution < 1.29 is 4.79 Å². The smallest absolute Gasteiger partial charge is 0.252 e. The SMILES string of the molecule is Cc1cnc2ccccc2c1C(=O)NCC(C)N(C)c1ccccc1. The summed E-state index contributed by atoms with van der Waals surface area (Å²) < 4.78 is 0. The van der Waals surface area contributed by atoms with Gasteiger partial charge in [0, 0.05) is 36.9 Å². The zero-order valence-electron chi connectivity index (χ0n) is 14.9. The second-order valence-corrected chi connectivity index (χ2v) is 6.34. The molecule has 128 valence electrons. The summed E-state index contributed by atoms with van der Waals surface area (Å²) in [5.41, 5.74) is 3.57. The topological polar surface area (TPSA) is 45.2 Å². The number of amides is 1. The van der Waals surface area contributed by atoms with Gasteiger partial charge >= 0.3 is 0 Å². The fourth-order valence-corrected chi connectivity index (χ4v) is 2.93. The standard InChI is InChI=1S/C21H23N3O/c1-15-13-22-19-12-8-7-11-18(19)20(15)21(25)23-14-16(2)24(3)17-9-5-4-6-10-17/h4-13,16H,14H2,1-3H3,(H,23,25). The van der Waals surface area contributed by atoms with E-state index < -0.39 is 0 Å². The third kappa shape index (κ3) is 3.63. The number of likely N-dealkylation sites (N-methyl/N-ethyl adjacent to an activating group) is 1. The maximum absolute atomic E-state index is 12.8. The Morgan fingerprint density at radius 3 is 2.56 bits per heavy atom. The number of hydrogen-bond donors (Lipinski definition) is 1. The van der Waals surface area contributed by atoms with Gasteiger partial charge in [-0.3, -0.25) is 9.78 Å². The lowest BCUT2D eigenvalue weighted by Crippen LogP contribution is -2.40. The van der Waals surface area contributed by atoms with E-state index in [4.69, 9.17) is 0 Å². The molecule has 1 unspecified atom stereocenters. The van der Waals surface area contributed by atoms with Gasteiger partial charge in [0.1, 0.15) is 0 Å². The molecule has 1 amide bonds. The fraction of sp³-hybridized carbons (Fsp3) is 0.238. The van der Waals surface area contributed by atoms with E-state index in [2.05, 4.69) is 34.3 Å². The second-order valence-electron chi connectivity index (χ2n) is 6.34. The summed E-state index contributed by atoms with van der Waals surface area (Å²) in [6.07, 6.45) is 1.76. The van der Waals surface area contributed by atoms with E-state index in [1.165, 1.54) is 0 Å². The van der Waals surface area contributed by atoms with Crippen LogP contribution in [0, 0.1) is 6.92 Å². The number of aryl methyl sites for hydroxylation is 1. The summed E-state index contributed by atoms with van der Waals surface area (Å²) in [6, 6.07) is 18.1. The fourth-order valence-electron chi connectivity index (χ4n) is 2.93. The number of nitrogens with one attached hydrogen (secondary N) is 1. The van der Waals surface area contributed by atoms with Gasteiger partial charge in [0.15, 0.2) is 0 Å². The summed E-state index contributed by atoms with van der Waals surface area (Å²) in [4.78, 5) is 19.3. The number of hydrogen-bond acceptors (Lipinski definition) is 3. The minimum absolute atomic E-state index is 0.0515. The van der Waals surface area contributed by atoms with Crippen molar-refractivity contribution in [3.05, 3.63) is 71.9 Å². The van der Waals surface area contributed by atoms with Gasteiger partial charge in [-0.2, -0.15) is 0 Å². The zero-order valence-corrected chi connectivity index (χ0v) is 14.9. The molecule has 4 heteroatoms. The van der Waals surface area contributed by atoms with Gasteiger partial charge in [0.2, 0.25) is 0 Å². The van der Waals surface area contributed by atoms with Crippen molar-refractivity contribution in [1.29, 1.82) is 0 Å². The van der Waals surface area contributed by atoms with Gasteiger partial charge in [-0.1, -0.05) is 36.4 Å². The van der Waals surface area contributed by atoms with Crippen molar-refractivity contribution in [3.8, 4) is 0 Å². The first-order valence-electron chi connectivity index (χ1n) is 8.48. The summed E-state index contributed by atoms with van der Waals surface area (Å²) >= 11 is 0. The van der Waals surface area contributed by atoms with E-state index in [1.807, 2.05) is 56.4 Å². The highest BCUT2D eigenvalue weighted by Crippen LogP contribution is 2.20. The number of rotatable bonds is 5. The maximum atomic E-state index is 12.8. The van der Waals surface area contributed by atoms with Crippen LogP contribution >= 0.6 is 0 Å². The largest absolute Gasteiger partial charge is 0.370 e. The Morgan fingerprint density at radius 1 is 1.12 bits per heavy atom. The van der Waals surface area contributed by atoms with Crippen molar-refractivity contribution in [2.24, 2.45) is 0 Å². The highest BCUT2D eigenvalue weighted by molar-refractivity contribution is 6.07. The Balaban J connectivity index is 1.74. The van der Waals surface area contributed by atoms with Gasteiger partial charge in [0.25, 0.3) is 5.91 Å². The Kier molecular flexibility index (Phi) is 4.98. The molecule has 2 aromatic carbocycles. The summed E-state index contributed by atoms with van der Waals surface area (Å²) in [5, 5.41) is 3.97. The van der Waals surface area contributed by atoms with Crippen molar-refractivity contribution in [2.45, 2.75) is 19.9 Å². The second kappa shape index (κ2) is 7.34. The van der Waals surface area contributed by atoms with Crippen molar-refractivity contribution in [3.63, 3.8) is 0 Å². The van der Waals surface area contributed by atoms with Gasteiger partial charge in [0.05, 0.1) is 11.1 Å². The maximum Gasteiger partial charge on any atom is 0.252 e. The highest BCUT2D eigenvalue weighted by Gasteiger charge is 2.16. The summed E-state index contributed by atoms with van der Waals surface area (Å²) in [7, 11) is 2.04. The lowest BCUT2D eigenvalue weighted by atomic mass is 10.0. The van der Waals surface area contributed by atoms with Crippen LogP contribution in [0.3, 0.4) is 0 Å². The number of carbonyl (C=O) groups is 1. The first-order valence-corrected chi connectivity index (χ1v) is 8.48. The van der Waals surface area contributed by atoms with E-state index in [1.54, 1.807) is 6.20 Å². The molecule has 0 spiro atoms. The molecule has 0 aliphatic carbocycles. The Labute approximate surface area is 148 Å². The molecule has 1 atom stereocenters. The molecule has 0 aliphatic rings. The van der Waals surface area contributed by atoms with E-state index in [9.17, 15) is 4.79 Å². The number of pyridine rings is 1. The van der Waals surface area contributed by atoms with Crippen LogP contribution in [0.1, 0.15) is 22.8 Å². The normalized spacial score (nSPS) is 12.0. The Bertz CT molecular complexity index is 877. The third-order valence-electron chi connectivity index (χ3n) is 4.57. The highest BCUT2D eigenvalue weighted by atomic mass is 16.1. The van der Waals surface area contributed by atoms with Crippen LogP contribution in [0.2, 0.25) is 0 Å². The van der Waals surface area contributed by atoms with E-state index in [0.717, 1.165) is 22.2 Å². The molecule has 1 N–H and O–H groups in total.